The Morgan fingerprint density at radius 1 is 1.50 bits per heavy atom. The van der Waals surface area contributed by atoms with Gasteiger partial charge in [0.25, 0.3) is 0 Å². The third-order valence-corrected chi connectivity index (χ3v) is 3.22. The van der Waals surface area contributed by atoms with Crippen molar-refractivity contribution in [2.75, 3.05) is 12.0 Å². The van der Waals surface area contributed by atoms with Gasteiger partial charge in [0.1, 0.15) is 15.7 Å². The number of nitrogens with one attached hydrogen (secondary N) is 1. The van der Waals surface area contributed by atoms with Gasteiger partial charge >= 0.3 is 0 Å². The monoisotopic (exact) mass is 246 g/mol. The van der Waals surface area contributed by atoms with Gasteiger partial charge in [-0.25, -0.2) is 12.8 Å². The van der Waals surface area contributed by atoms with Crippen LogP contribution in [-0.2, 0) is 9.84 Å². The van der Waals surface area contributed by atoms with Crippen LogP contribution >= 0.6 is 0 Å². The maximum atomic E-state index is 12.9. The third-order valence-electron chi connectivity index (χ3n) is 2.28. The molecule has 16 heavy (non-hydrogen) atoms. The Labute approximate surface area is 94.5 Å². The fourth-order valence-electron chi connectivity index (χ4n) is 1.56. The minimum absolute atomic E-state index is 0.115. The van der Waals surface area contributed by atoms with Crippen molar-refractivity contribution >= 4 is 9.84 Å². The van der Waals surface area contributed by atoms with Crippen LogP contribution in [0.5, 0.6) is 0 Å². The van der Waals surface area contributed by atoms with Crippen LogP contribution < -0.4 is 11.3 Å². The van der Waals surface area contributed by atoms with Gasteiger partial charge in [0, 0.05) is 6.26 Å². The highest BCUT2D eigenvalue weighted by molar-refractivity contribution is 7.90. The first-order valence-corrected chi connectivity index (χ1v) is 6.79. The second-order valence-corrected chi connectivity index (χ2v) is 6.00. The highest BCUT2D eigenvalue weighted by atomic mass is 32.2. The van der Waals surface area contributed by atoms with E-state index in [9.17, 15) is 12.8 Å². The van der Waals surface area contributed by atoms with Gasteiger partial charge in [0.05, 0.1) is 11.8 Å². The van der Waals surface area contributed by atoms with Crippen molar-refractivity contribution in [3.05, 3.63) is 35.1 Å². The largest absolute Gasteiger partial charge is 0.271 e. The molecular formula is C10H15FN2O2S. The third kappa shape index (κ3) is 3.55. The topological polar surface area (TPSA) is 72.2 Å². The summed E-state index contributed by atoms with van der Waals surface area (Å²) in [6, 6.07) is 3.66. The molecule has 0 aliphatic heterocycles. The maximum absolute atomic E-state index is 12.9. The van der Waals surface area contributed by atoms with Crippen LogP contribution in [-0.4, -0.2) is 20.4 Å². The van der Waals surface area contributed by atoms with Crippen LogP contribution in [0.2, 0.25) is 0 Å². The van der Waals surface area contributed by atoms with E-state index in [2.05, 4.69) is 5.43 Å². The van der Waals surface area contributed by atoms with Gasteiger partial charge in [-0.15, -0.1) is 0 Å². The van der Waals surface area contributed by atoms with Gasteiger partial charge in [-0.2, -0.15) is 0 Å². The van der Waals surface area contributed by atoms with Crippen molar-refractivity contribution in [2.45, 2.75) is 13.0 Å². The number of aryl methyl sites for hydroxylation is 1. The molecule has 0 heterocycles. The normalized spacial score (nSPS) is 13.8. The molecule has 0 aliphatic carbocycles. The lowest BCUT2D eigenvalue weighted by Crippen LogP contribution is -2.33. The van der Waals surface area contributed by atoms with Gasteiger partial charge in [0.15, 0.2) is 0 Å². The van der Waals surface area contributed by atoms with Crippen LogP contribution in [0.25, 0.3) is 0 Å². The van der Waals surface area contributed by atoms with E-state index in [4.69, 9.17) is 5.84 Å². The quantitative estimate of drug-likeness (QED) is 0.605. The molecular weight excluding hydrogens is 231 g/mol. The molecule has 0 aromatic heterocycles. The van der Waals surface area contributed by atoms with Gasteiger partial charge in [-0.3, -0.25) is 11.3 Å². The van der Waals surface area contributed by atoms with Crippen molar-refractivity contribution in [2.24, 2.45) is 5.84 Å². The number of nitrogens with two attached hydrogens (primary N) is 1. The Balaban J connectivity index is 3.04. The molecule has 6 heteroatoms. The molecule has 1 aromatic carbocycles. The van der Waals surface area contributed by atoms with E-state index in [0.717, 1.165) is 6.26 Å². The number of halogens is 1. The highest BCUT2D eigenvalue weighted by Crippen LogP contribution is 2.19. The SMILES string of the molecule is Cc1cc(F)ccc1C(CS(C)(=O)=O)NN. The predicted octanol–water partition coefficient (Wildman–Crippen LogP) is 0.683. The van der Waals surface area contributed by atoms with E-state index in [1.165, 1.54) is 12.1 Å². The van der Waals surface area contributed by atoms with Crippen molar-refractivity contribution in [1.29, 1.82) is 0 Å². The molecule has 1 atom stereocenters. The first kappa shape index (κ1) is 13.1. The van der Waals surface area contributed by atoms with Gasteiger partial charge in [-0.1, -0.05) is 6.07 Å². The van der Waals surface area contributed by atoms with Crippen LogP contribution in [0.4, 0.5) is 4.39 Å². The van der Waals surface area contributed by atoms with Crippen molar-refractivity contribution in [1.82, 2.24) is 5.43 Å². The number of rotatable bonds is 4. The zero-order chi connectivity index (χ0) is 12.3. The van der Waals surface area contributed by atoms with Crippen molar-refractivity contribution in [3.8, 4) is 0 Å². The molecule has 1 unspecified atom stereocenters. The van der Waals surface area contributed by atoms with E-state index >= 15 is 0 Å². The fourth-order valence-corrected chi connectivity index (χ4v) is 2.44. The summed E-state index contributed by atoms with van der Waals surface area (Å²) < 4.78 is 35.2. The van der Waals surface area contributed by atoms with Gasteiger partial charge in [0.2, 0.25) is 0 Å². The first-order valence-electron chi connectivity index (χ1n) is 4.73. The Hall–Kier alpha value is -0.980. The lowest BCUT2D eigenvalue weighted by molar-refractivity contribution is 0.561. The Bertz CT molecular complexity index is 474. The molecule has 1 rings (SSSR count). The number of benzene rings is 1. The summed E-state index contributed by atoms with van der Waals surface area (Å²) in [5.41, 5.74) is 3.80. The molecule has 0 aliphatic rings. The molecule has 0 saturated carbocycles. The van der Waals surface area contributed by atoms with Crippen LogP contribution in [0, 0.1) is 12.7 Å². The van der Waals surface area contributed by atoms with Crippen molar-refractivity contribution < 1.29 is 12.8 Å². The summed E-state index contributed by atoms with van der Waals surface area (Å²) in [4.78, 5) is 0. The number of hydrazine groups is 1. The summed E-state index contributed by atoms with van der Waals surface area (Å²) in [5.74, 6) is 4.85. The minimum Gasteiger partial charge on any atom is -0.271 e. The van der Waals surface area contributed by atoms with Crippen LogP contribution in [0.1, 0.15) is 17.2 Å². The highest BCUT2D eigenvalue weighted by Gasteiger charge is 2.17. The average Bonchev–Trinajstić information content (AvgIpc) is 2.13. The molecule has 90 valence electrons. The van der Waals surface area contributed by atoms with Crippen molar-refractivity contribution in [3.63, 3.8) is 0 Å². The zero-order valence-electron chi connectivity index (χ0n) is 9.20. The van der Waals surface area contributed by atoms with E-state index in [1.54, 1.807) is 13.0 Å². The smallest absolute Gasteiger partial charge is 0.149 e. The Morgan fingerprint density at radius 2 is 2.12 bits per heavy atom. The molecule has 3 N–H and O–H groups in total. The van der Waals surface area contributed by atoms with Gasteiger partial charge < -0.3 is 0 Å². The summed E-state index contributed by atoms with van der Waals surface area (Å²) in [6.07, 6.45) is 1.14. The van der Waals surface area contributed by atoms with E-state index in [0.29, 0.717) is 11.1 Å². The lowest BCUT2D eigenvalue weighted by Gasteiger charge is -2.17. The van der Waals surface area contributed by atoms with E-state index < -0.39 is 15.9 Å². The summed E-state index contributed by atoms with van der Waals surface area (Å²) in [6.45, 7) is 1.71. The van der Waals surface area contributed by atoms with Crippen LogP contribution in [0.3, 0.4) is 0 Å². The second kappa shape index (κ2) is 4.90. The zero-order valence-corrected chi connectivity index (χ0v) is 10.0. The molecule has 0 saturated heterocycles. The molecule has 1 aromatic rings. The molecule has 0 radical (unpaired) electrons. The number of hydrogen-bond donors (Lipinski definition) is 2. The Morgan fingerprint density at radius 3 is 2.56 bits per heavy atom. The summed E-state index contributed by atoms with van der Waals surface area (Å²) in [7, 11) is -3.15. The number of hydrogen-bond acceptors (Lipinski definition) is 4. The standard InChI is InChI=1S/C10H15FN2O2S/c1-7-5-8(11)3-4-9(7)10(13-12)6-16(2,14)15/h3-5,10,13H,6,12H2,1-2H3. The maximum Gasteiger partial charge on any atom is 0.149 e. The molecule has 0 spiro atoms. The summed E-state index contributed by atoms with van der Waals surface area (Å²) >= 11 is 0. The molecule has 4 nitrogen and oxygen atoms in total. The average molecular weight is 246 g/mol. The van der Waals surface area contributed by atoms with E-state index in [1.807, 2.05) is 0 Å². The summed E-state index contributed by atoms with van der Waals surface area (Å²) in [5, 5.41) is 0. The predicted molar refractivity (Wildman–Crippen MR) is 60.9 cm³/mol. The lowest BCUT2D eigenvalue weighted by atomic mass is 10.0. The first-order chi connectivity index (χ1) is 7.33. The number of sulfone groups is 1. The van der Waals surface area contributed by atoms with Crippen LogP contribution in [0.15, 0.2) is 18.2 Å². The Kier molecular flexibility index (Phi) is 4.01. The minimum atomic E-state index is -3.15. The molecule has 0 bridgehead atoms. The van der Waals surface area contributed by atoms with E-state index in [-0.39, 0.29) is 11.6 Å². The second-order valence-electron chi connectivity index (χ2n) is 3.81. The van der Waals surface area contributed by atoms with Gasteiger partial charge in [-0.05, 0) is 30.2 Å². The fraction of sp³-hybridized carbons (Fsp3) is 0.400. The molecule has 0 fully saturated rings. The molecule has 0 amide bonds.